The second kappa shape index (κ2) is 9.06. The monoisotopic (exact) mass is 428 g/mol. The van der Waals surface area contributed by atoms with Crippen LogP contribution in [0.4, 0.5) is 0 Å². The van der Waals surface area contributed by atoms with Crippen molar-refractivity contribution in [3.05, 3.63) is 63.8 Å². The Hall–Kier alpha value is -3.24. The fourth-order valence-electron chi connectivity index (χ4n) is 3.24. The molecule has 0 radical (unpaired) electrons. The lowest BCUT2D eigenvalue weighted by Crippen LogP contribution is -2.33. The van der Waals surface area contributed by atoms with E-state index in [1.54, 1.807) is 38.1 Å². The number of ether oxygens (including phenoxy) is 3. The van der Waals surface area contributed by atoms with Crippen molar-refractivity contribution in [2.75, 3.05) is 6.61 Å². The number of hydrogen-bond acceptors (Lipinski definition) is 7. The Morgan fingerprint density at radius 1 is 1.30 bits per heavy atom. The topological polar surface area (TPSA) is 106 Å². The van der Waals surface area contributed by atoms with Crippen molar-refractivity contribution in [1.29, 1.82) is 10.7 Å². The Morgan fingerprint density at radius 2 is 2.07 bits per heavy atom. The highest BCUT2D eigenvalue weighted by atomic mass is 35.5. The predicted molar refractivity (Wildman–Crippen MR) is 109 cm³/mol. The molecule has 156 valence electrons. The minimum Gasteiger partial charge on any atom is -0.486 e. The molecule has 0 amide bonds. The average Bonchev–Trinajstić information content (AvgIpc) is 3.17. The molecule has 2 aromatic rings. The molecule has 30 heavy (non-hydrogen) atoms. The molecule has 0 fully saturated rings. The molecule has 1 aromatic carbocycles. The van der Waals surface area contributed by atoms with Crippen LogP contribution in [0.2, 0.25) is 5.02 Å². The molecular formula is C22H21ClN2O5. The van der Waals surface area contributed by atoms with E-state index in [0.29, 0.717) is 22.3 Å². The zero-order valence-electron chi connectivity index (χ0n) is 16.8. The summed E-state index contributed by atoms with van der Waals surface area (Å²) in [5, 5.41) is 18.3. The minimum absolute atomic E-state index is 0.149. The molecule has 0 aliphatic carbocycles. The summed E-state index contributed by atoms with van der Waals surface area (Å²) in [6.45, 7) is 5.47. The van der Waals surface area contributed by atoms with Gasteiger partial charge in [-0.1, -0.05) is 11.6 Å². The van der Waals surface area contributed by atoms with E-state index in [1.807, 2.05) is 19.1 Å². The van der Waals surface area contributed by atoms with Gasteiger partial charge in [-0.15, -0.1) is 0 Å². The maximum Gasteiger partial charge on any atom is 0.338 e. The van der Waals surface area contributed by atoms with E-state index in [0.717, 1.165) is 5.56 Å². The van der Waals surface area contributed by atoms with E-state index in [9.17, 15) is 10.1 Å². The first-order valence-electron chi connectivity index (χ1n) is 9.37. The number of carbonyl (C=O) groups excluding carboxylic acids is 1. The maximum atomic E-state index is 12.5. The Kier molecular flexibility index (Phi) is 6.48. The zero-order chi connectivity index (χ0) is 21.8. The average molecular weight is 429 g/mol. The fourth-order valence-corrected chi connectivity index (χ4v) is 3.36. The molecule has 0 saturated carbocycles. The van der Waals surface area contributed by atoms with Gasteiger partial charge in [-0.25, -0.2) is 4.79 Å². The van der Waals surface area contributed by atoms with Crippen molar-refractivity contribution < 1.29 is 23.4 Å². The van der Waals surface area contributed by atoms with Crippen LogP contribution in [-0.4, -0.2) is 18.5 Å². The third kappa shape index (κ3) is 4.34. The van der Waals surface area contributed by atoms with Crippen molar-refractivity contribution in [3.8, 4) is 11.8 Å². The molecule has 1 aromatic heterocycles. The van der Waals surface area contributed by atoms with Crippen LogP contribution in [-0.2, 0) is 20.9 Å². The van der Waals surface area contributed by atoms with Crippen LogP contribution in [0.3, 0.4) is 0 Å². The smallest absolute Gasteiger partial charge is 0.338 e. The maximum absolute atomic E-state index is 12.5. The van der Waals surface area contributed by atoms with E-state index < -0.39 is 17.8 Å². The molecule has 8 heteroatoms. The van der Waals surface area contributed by atoms with Gasteiger partial charge in [-0.3, -0.25) is 5.41 Å². The molecule has 1 N–H and O–H groups in total. The summed E-state index contributed by atoms with van der Waals surface area (Å²) in [5.41, 5.74) is 1.07. The molecule has 0 bridgehead atoms. The van der Waals surface area contributed by atoms with Gasteiger partial charge < -0.3 is 18.6 Å². The molecule has 7 nitrogen and oxygen atoms in total. The number of furan rings is 1. The number of allylic oxidation sites excluding steroid dienone is 1. The van der Waals surface area contributed by atoms with Gasteiger partial charge in [0.25, 0.3) is 0 Å². The van der Waals surface area contributed by atoms with Crippen LogP contribution >= 0.6 is 11.6 Å². The first-order chi connectivity index (χ1) is 14.3. The van der Waals surface area contributed by atoms with Crippen molar-refractivity contribution in [2.24, 2.45) is 5.92 Å². The third-order valence-electron chi connectivity index (χ3n) is 4.70. The Morgan fingerprint density at radius 3 is 2.73 bits per heavy atom. The largest absolute Gasteiger partial charge is 0.486 e. The Balaban J connectivity index is 1.87. The SMILES string of the molecule is CCOC(=O)C1=C(C)OC(=N)C(C#N)C1c1ccc(COc2ccc(Cl)c(C)c2)o1. The van der Waals surface area contributed by atoms with E-state index in [4.69, 9.17) is 35.6 Å². The third-order valence-corrected chi connectivity index (χ3v) is 5.13. The highest BCUT2D eigenvalue weighted by molar-refractivity contribution is 6.31. The number of esters is 1. The summed E-state index contributed by atoms with van der Waals surface area (Å²) < 4.78 is 22.1. The van der Waals surface area contributed by atoms with Gasteiger partial charge >= 0.3 is 5.97 Å². The van der Waals surface area contributed by atoms with Crippen molar-refractivity contribution in [3.63, 3.8) is 0 Å². The molecule has 1 aliphatic heterocycles. The van der Waals surface area contributed by atoms with Crippen LogP contribution in [0.25, 0.3) is 0 Å². The van der Waals surface area contributed by atoms with Crippen LogP contribution in [0.5, 0.6) is 5.75 Å². The van der Waals surface area contributed by atoms with Gasteiger partial charge in [-0.2, -0.15) is 5.26 Å². The van der Waals surface area contributed by atoms with Gasteiger partial charge in [0.1, 0.15) is 35.6 Å². The summed E-state index contributed by atoms with van der Waals surface area (Å²) in [6, 6.07) is 10.8. The molecule has 0 spiro atoms. The first kappa shape index (κ1) is 21.5. The van der Waals surface area contributed by atoms with Gasteiger partial charge in [-0.05, 0) is 56.7 Å². The number of nitrogens with zero attached hydrogens (tertiary/aromatic N) is 1. The highest BCUT2D eigenvalue weighted by Crippen LogP contribution is 2.40. The van der Waals surface area contributed by atoms with Crippen molar-refractivity contribution in [1.82, 2.24) is 0 Å². The second-order valence-electron chi connectivity index (χ2n) is 6.74. The van der Waals surface area contributed by atoms with Gasteiger partial charge in [0.05, 0.1) is 24.2 Å². The lowest BCUT2D eigenvalue weighted by molar-refractivity contribution is -0.139. The number of rotatable bonds is 6. The van der Waals surface area contributed by atoms with E-state index >= 15 is 0 Å². The quantitative estimate of drug-likeness (QED) is 0.656. The minimum atomic E-state index is -1.01. The Labute approximate surface area is 179 Å². The highest BCUT2D eigenvalue weighted by Gasteiger charge is 2.43. The van der Waals surface area contributed by atoms with Crippen molar-refractivity contribution >= 4 is 23.5 Å². The van der Waals surface area contributed by atoms with Crippen molar-refractivity contribution in [2.45, 2.75) is 33.3 Å². The lowest BCUT2D eigenvalue weighted by atomic mass is 9.82. The van der Waals surface area contributed by atoms with Crippen LogP contribution in [0.1, 0.15) is 36.8 Å². The molecule has 0 saturated heterocycles. The van der Waals surface area contributed by atoms with Crippen LogP contribution < -0.4 is 4.74 Å². The molecule has 2 atom stereocenters. The summed E-state index contributed by atoms with van der Waals surface area (Å²) in [5.74, 6) is -0.913. The summed E-state index contributed by atoms with van der Waals surface area (Å²) in [7, 11) is 0. The van der Waals surface area contributed by atoms with Crippen LogP contribution in [0, 0.1) is 29.6 Å². The lowest BCUT2D eigenvalue weighted by Gasteiger charge is -2.28. The second-order valence-corrected chi connectivity index (χ2v) is 7.15. The fraction of sp³-hybridized carbons (Fsp3) is 0.318. The Bertz CT molecular complexity index is 1050. The van der Waals surface area contributed by atoms with E-state index in [1.165, 1.54) is 0 Å². The first-order valence-corrected chi connectivity index (χ1v) is 9.74. The van der Waals surface area contributed by atoms with Gasteiger partial charge in [0, 0.05) is 5.02 Å². The zero-order valence-corrected chi connectivity index (χ0v) is 17.6. The number of hydrogen-bond donors (Lipinski definition) is 1. The predicted octanol–water partition coefficient (Wildman–Crippen LogP) is 4.89. The number of carbonyl (C=O) groups is 1. The standard InChI is InChI=1S/C22H21ClN2O5/c1-4-27-22(26)19-13(3)29-21(25)16(10-24)20(19)18-8-6-15(30-18)11-28-14-5-7-17(23)12(2)9-14/h5-9,16,20,25H,4,11H2,1-3H3. The van der Waals surface area contributed by atoms with E-state index in [-0.39, 0.29) is 30.4 Å². The summed E-state index contributed by atoms with van der Waals surface area (Å²) in [6.07, 6.45) is 0. The number of halogens is 1. The van der Waals surface area contributed by atoms with Gasteiger partial charge in [0.2, 0.25) is 5.90 Å². The normalized spacial score (nSPS) is 18.6. The number of aryl methyl sites for hydroxylation is 1. The van der Waals surface area contributed by atoms with Crippen LogP contribution in [0.15, 0.2) is 46.1 Å². The number of nitrogens with one attached hydrogen (secondary N) is 1. The molecule has 1 aliphatic rings. The number of benzene rings is 1. The summed E-state index contributed by atoms with van der Waals surface area (Å²) >= 11 is 6.03. The molecule has 2 heterocycles. The number of nitriles is 1. The van der Waals surface area contributed by atoms with Gasteiger partial charge in [0.15, 0.2) is 0 Å². The van der Waals surface area contributed by atoms with E-state index in [2.05, 4.69) is 0 Å². The summed E-state index contributed by atoms with van der Waals surface area (Å²) in [4.78, 5) is 12.5. The molecule has 2 unspecified atom stereocenters. The molecule has 3 rings (SSSR count). The molecular weight excluding hydrogens is 408 g/mol.